The minimum atomic E-state index is -0.594. The standard InChI is InChI=1S/C14H22N4O3/c1-5-10(6-2)9(3)17-14(19)11-7-13(15-4)16-8-12(11)18(20)21/h7-10H,5-6H2,1-4H3,(H,15,16)(H,17,19). The Morgan fingerprint density at radius 3 is 2.52 bits per heavy atom. The lowest BCUT2D eigenvalue weighted by molar-refractivity contribution is -0.385. The van der Waals surface area contributed by atoms with E-state index >= 15 is 0 Å². The lowest BCUT2D eigenvalue weighted by Crippen LogP contribution is -2.38. The van der Waals surface area contributed by atoms with Gasteiger partial charge < -0.3 is 10.6 Å². The maximum absolute atomic E-state index is 12.3. The first-order chi connectivity index (χ1) is 9.94. The number of rotatable bonds is 7. The number of amides is 1. The zero-order valence-electron chi connectivity index (χ0n) is 12.8. The van der Waals surface area contributed by atoms with Crippen molar-refractivity contribution in [3.63, 3.8) is 0 Å². The summed E-state index contributed by atoms with van der Waals surface area (Å²) in [7, 11) is 1.64. The summed E-state index contributed by atoms with van der Waals surface area (Å²) in [5.74, 6) is 0.319. The molecule has 1 aromatic rings. The molecule has 2 N–H and O–H groups in total. The van der Waals surface area contributed by atoms with E-state index in [1.165, 1.54) is 6.07 Å². The summed E-state index contributed by atoms with van der Waals surface area (Å²) < 4.78 is 0. The molecule has 0 aliphatic heterocycles. The third-order valence-corrected chi connectivity index (χ3v) is 3.70. The van der Waals surface area contributed by atoms with Crippen LogP contribution in [0.15, 0.2) is 12.3 Å². The molecule has 0 saturated carbocycles. The Hall–Kier alpha value is -2.18. The zero-order valence-corrected chi connectivity index (χ0v) is 12.8. The van der Waals surface area contributed by atoms with E-state index in [0.29, 0.717) is 11.7 Å². The second-order valence-electron chi connectivity index (χ2n) is 4.93. The van der Waals surface area contributed by atoms with Gasteiger partial charge in [-0.25, -0.2) is 4.98 Å². The molecule has 0 aromatic carbocycles. The van der Waals surface area contributed by atoms with Crippen molar-refractivity contribution in [1.82, 2.24) is 10.3 Å². The summed E-state index contributed by atoms with van der Waals surface area (Å²) in [6.07, 6.45) is 2.98. The Morgan fingerprint density at radius 2 is 2.05 bits per heavy atom. The van der Waals surface area contributed by atoms with Gasteiger partial charge in [0.1, 0.15) is 17.6 Å². The summed E-state index contributed by atoms with van der Waals surface area (Å²) in [5.41, 5.74) is -0.264. The zero-order chi connectivity index (χ0) is 16.0. The van der Waals surface area contributed by atoms with E-state index in [4.69, 9.17) is 0 Å². The van der Waals surface area contributed by atoms with Crippen LogP contribution >= 0.6 is 0 Å². The number of nitro groups is 1. The Bertz CT molecular complexity index is 515. The van der Waals surface area contributed by atoms with E-state index in [2.05, 4.69) is 29.5 Å². The fourth-order valence-electron chi connectivity index (χ4n) is 2.31. The fourth-order valence-corrected chi connectivity index (χ4v) is 2.31. The van der Waals surface area contributed by atoms with Crippen molar-refractivity contribution in [2.45, 2.75) is 39.7 Å². The molecule has 1 atom stereocenters. The van der Waals surface area contributed by atoms with Crippen molar-refractivity contribution >= 4 is 17.4 Å². The van der Waals surface area contributed by atoms with Crippen LogP contribution in [0.5, 0.6) is 0 Å². The molecular formula is C14H22N4O3. The van der Waals surface area contributed by atoms with E-state index in [9.17, 15) is 14.9 Å². The number of carbonyl (C=O) groups is 1. The normalized spacial score (nSPS) is 12.0. The van der Waals surface area contributed by atoms with Crippen LogP contribution in [0.2, 0.25) is 0 Å². The smallest absolute Gasteiger partial charge is 0.300 e. The van der Waals surface area contributed by atoms with E-state index < -0.39 is 10.8 Å². The third kappa shape index (κ3) is 4.14. The Morgan fingerprint density at radius 1 is 1.43 bits per heavy atom. The monoisotopic (exact) mass is 294 g/mol. The quantitative estimate of drug-likeness (QED) is 0.595. The van der Waals surface area contributed by atoms with Gasteiger partial charge >= 0.3 is 0 Å². The van der Waals surface area contributed by atoms with Gasteiger partial charge in [0.05, 0.1) is 4.92 Å². The van der Waals surface area contributed by atoms with Crippen LogP contribution in [0.4, 0.5) is 11.5 Å². The van der Waals surface area contributed by atoms with Crippen molar-refractivity contribution in [2.75, 3.05) is 12.4 Å². The van der Waals surface area contributed by atoms with Gasteiger partial charge in [0.15, 0.2) is 0 Å². The Labute approximate surface area is 124 Å². The molecule has 0 spiro atoms. The van der Waals surface area contributed by atoms with Crippen molar-refractivity contribution < 1.29 is 9.72 Å². The molecular weight excluding hydrogens is 272 g/mol. The highest BCUT2D eigenvalue weighted by molar-refractivity contribution is 5.98. The lowest BCUT2D eigenvalue weighted by atomic mass is 9.95. The van der Waals surface area contributed by atoms with E-state index in [-0.39, 0.29) is 17.3 Å². The molecule has 1 amide bonds. The van der Waals surface area contributed by atoms with Crippen LogP contribution in [-0.4, -0.2) is 28.9 Å². The van der Waals surface area contributed by atoms with Gasteiger partial charge in [0.2, 0.25) is 0 Å². The second kappa shape index (κ2) is 7.56. The number of nitrogens with one attached hydrogen (secondary N) is 2. The molecule has 0 aliphatic rings. The summed E-state index contributed by atoms with van der Waals surface area (Å²) in [6, 6.07) is 1.35. The van der Waals surface area contributed by atoms with Gasteiger partial charge in [-0.3, -0.25) is 14.9 Å². The molecule has 0 radical (unpaired) electrons. The fraction of sp³-hybridized carbons (Fsp3) is 0.571. The molecule has 1 rings (SSSR count). The molecule has 0 aliphatic carbocycles. The van der Waals surface area contributed by atoms with Crippen LogP contribution in [0.25, 0.3) is 0 Å². The maximum atomic E-state index is 12.3. The minimum Gasteiger partial charge on any atom is -0.373 e. The first-order valence-corrected chi connectivity index (χ1v) is 7.07. The van der Waals surface area contributed by atoms with Crippen LogP contribution in [0, 0.1) is 16.0 Å². The number of hydrogen-bond acceptors (Lipinski definition) is 5. The van der Waals surface area contributed by atoms with Gasteiger partial charge in [-0.2, -0.15) is 0 Å². The molecule has 1 aromatic heterocycles. The van der Waals surface area contributed by atoms with Gasteiger partial charge in [-0.1, -0.05) is 26.7 Å². The van der Waals surface area contributed by atoms with Crippen LogP contribution in [0.1, 0.15) is 44.0 Å². The van der Waals surface area contributed by atoms with E-state index in [1.54, 1.807) is 7.05 Å². The van der Waals surface area contributed by atoms with Gasteiger partial charge in [0.25, 0.3) is 11.6 Å². The predicted octanol–water partition coefficient (Wildman–Crippen LogP) is 2.59. The summed E-state index contributed by atoms with van der Waals surface area (Å²) >= 11 is 0. The highest BCUT2D eigenvalue weighted by Gasteiger charge is 2.24. The molecule has 0 saturated heterocycles. The number of aromatic nitrogens is 1. The van der Waals surface area contributed by atoms with Gasteiger partial charge in [-0.05, 0) is 12.8 Å². The SMILES string of the molecule is CCC(CC)C(C)NC(=O)c1cc(NC)ncc1[N+](=O)[O-]. The van der Waals surface area contributed by atoms with Crippen molar-refractivity contribution in [1.29, 1.82) is 0 Å². The molecule has 0 bridgehead atoms. The Kier molecular flexibility index (Phi) is 6.08. The summed E-state index contributed by atoms with van der Waals surface area (Å²) in [6.45, 7) is 6.04. The number of nitrogens with zero attached hydrogens (tertiary/aromatic N) is 2. The second-order valence-corrected chi connectivity index (χ2v) is 4.93. The first-order valence-electron chi connectivity index (χ1n) is 7.07. The predicted molar refractivity (Wildman–Crippen MR) is 81.4 cm³/mol. The average Bonchev–Trinajstić information content (AvgIpc) is 2.47. The topological polar surface area (TPSA) is 97.2 Å². The van der Waals surface area contributed by atoms with Crippen LogP contribution in [0.3, 0.4) is 0 Å². The van der Waals surface area contributed by atoms with Crippen molar-refractivity contribution in [3.8, 4) is 0 Å². The summed E-state index contributed by atoms with van der Waals surface area (Å²) in [5, 5.41) is 16.6. The van der Waals surface area contributed by atoms with Crippen LogP contribution < -0.4 is 10.6 Å². The molecule has 7 heteroatoms. The highest BCUT2D eigenvalue weighted by atomic mass is 16.6. The summed E-state index contributed by atoms with van der Waals surface area (Å²) in [4.78, 5) is 26.6. The number of pyridine rings is 1. The first kappa shape index (κ1) is 16.9. The van der Waals surface area contributed by atoms with E-state index in [1.807, 2.05) is 6.92 Å². The molecule has 116 valence electrons. The molecule has 0 fully saturated rings. The van der Waals surface area contributed by atoms with E-state index in [0.717, 1.165) is 19.0 Å². The lowest BCUT2D eigenvalue weighted by Gasteiger charge is -2.22. The van der Waals surface area contributed by atoms with Gasteiger partial charge in [-0.15, -0.1) is 0 Å². The van der Waals surface area contributed by atoms with Crippen LogP contribution in [-0.2, 0) is 0 Å². The molecule has 1 unspecified atom stereocenters. The maximum Gasteiger partial charge on any atom is 0.300 e. The largest absolute Gasteiger partial charge is 0.373 e. The Balaban J connectivity index is 3.02. The molecule has 21 heavy (non-hydrogen) atoms. The number of carbonyl (C=O) groups excluding carboxylic acids is 1. The minimum absolute atomic E-state index is 0.0251. The average molecular weight is 294 g/mol. The van der Waals surface area contributed by atoms with Crippen molar-refractivity contribution in [2.24, 2.45) is 5.92 Å². The van der Waals surface area contributed by atoms with Crippen molar-refractivity contribution in [3.05, 3.63) is 27.9 Å². The number of hydrogen-bond donors (Lipinski definition) is 2. The molecule has 1 heterocycles. The highest BCUT2D eigenvalue weighted by Crippen LogP contribution is 2.21. The van der Waals surface area contributed by atoms with Gasteiger partial charge in [0, 0.05) is 19.2 Å². The molecule has 7 nitrogen and oxygen atoms in total. The number of anilines is 1. The third-order valence-electron chi connectivity index (χ3n) is 3.70.